The van der Waals surface area contributed by atoms with Gasteiger partial charge >= 0.3 is 0 Å². The van der Waals surface area contributed by atoms with Gasteiger partial charge in [-0.05, 0) is 13.0 Å². The van der Waals surface area contributed by atoms with Crippen LogP contribution in [0, 0.1) is 0 Å². The zero-order chi connectivity index (χ0) is 11.4. The van der Waals surface area contributed by atoms with Crippen LogP contribution in [0.1, 0.15) is 18.6 Å². The van der Waals surface area contributed by atoms with Crippen LogP contribution >= 0.6 is 0 Å². The highest BCUT2D eigenvalue weighted by Gasteiger charge is 2.21. The molecule has 0 bridgehead atoms. The first-order valence-corrected chi connectivity index (χ1v) is 5.77. The molecule has 1 N–H and O–H groups in total. The van der Waals surface area contributed by atoms with E-state index in [-0.39, 0.29) is 0 Å². The van der Waals surface area contributed by atoms with Crippen molar-refractivity contribution in [2.75, 3.05) is 7.11 Å². The van der Waals surface area contributed by atoms with Crippen molar-refractivity contribution < 1.29 is 18.3 Å². The molecule has 0 fully saturated rings. The molecule has 2 atom stereocenters. The van der Waals surface area contributed by atoms with Crippen LogP contribution in [0.4, 0.5) is 0 Å². The van der Waals surface area contributed by atoms with Gasteiger partial charge in [0.25, 0.3) is 0 Å². The molecule has 84 valence electrons. The number of ether oxygens (including phenoxy) is 1. The minimum atomic E-state index is -2.65. The van der Waals surface area contributed by atoms with Crippen molar-refractivity contribution >= 4 is 10.7 Å². The van der Waals surface area contributed by atoms with Crippen LogP contribution in [-0.4, -0.2) is 25.9 Å². The summed E-state index contributed by atoms with van der Waals surface area (Å²) in [5.74, 6) is 0.494. The van der Waals surface area contributed by atoms with E-state index in [4.69, 9.17) is 4.74 Å². The lowest BCUT2D eigenvalue weighted by atomic mass is 10.1. The molecule has 1 aromatic rings. The zero-order valence-corrected chi connectivity index (χ0v) is 9.48. The number of benzene rings is 1. The first kappa shape index (κ1) is 12.0. The van der Waals surface area contributed by atoms with E-state index in [2.05, 4.69) is 0 Å². The van der Waals surface area contributed by atoms with E-state index < -0.39 is 22.1 Å². The summed E-state index contributed by atoms with van der Waals surface area (Å²) in [5.41, 5.74) is 0.492. The molecule has 0 aliphatic carbocycles. The maximum atomic E-state index is 10.7. The van der Waals surface area contributed by atoms with Gasteiger partial charge in [-0.1, -0.05) is 18.2 Å². The SMILES string of the molecule is COc1ccccc1[C@H](O)[C@@H](C)[SH](=O)=O. The highest BCUT2D eigenvalue weighted by atomic mass is 32.2. The van der Waals surface area contributed by atoms with Crippen LogP contribution in [0.5, 0.6) is 5.75 Å². The second-order valence-corrected chi connectivity index (χ2v) is 4.60. The minimum absolute atomic E-state index is 0.492. The lowest BCUT2D eigenvalue weighted by Gasteiger charge is -2.16. The summed E-state index contributed by atoms with van der Waals surface area (Å²) in [4.78, 5) is 0. The Kier molecular flexibility index (Phi) is 4.11. The van der Waals surface area contributed by atoms with Gasteiger partial charge in [0, 0.05) is 5.56 Å². The van der Waals surface area contributed by atoms with Crippen LogP contribution in [0.15, 0.2) is 24.3 Å². The molecular weight excluding hydrogens is 216 g/mol. The summed E-state index contributed by atoms with van der Waals surface area (Å²) in [6.45, 7) is 1.46. The molecular formula is C10H14O4S. The third kappa shape index (κ3) is 2.70. The first-order valence-electron chi connectivity index (χ1n) is 4.52. The van der Waals surface area contributed by atoms with Crippen molar-refractivity contribution in [2.45, 2.75) is 18.3 Å². The lowest BCUT2D eigenvalue weighted by Crippen LogP contribution is -2.17. The Morgan fingerprint density at radius 2 is 1.93 bits per heavy atom. The topological polar surface area (TPSA) is 63.6 Å². The lowest BCUT2D eigenvalue weighted by molar-refractivity contribution is 0.172. The first-order chi connectivity index (χ1) is 7.07. The molecule has 5 heteroatoms. The van der Waals surface area contributed by atoms with Crippen LogP contribution in [0.25, 0.3) is 0 Å². The zero-order valence-electron chi connectivity index (χ0n) is 8.58. The van der Waals surface area contributed by atoms with Crippen LogP contribution in [0.2, 0.25) is 0 Å². The monoisotopic (exact) mass is 230 g/mol. The van der Waals surface area contributed by atoms with Gasteiger partial charge in [0.2, 0.25) is 0 Å². The standard InChI is InChI=1S/C10H14O4S/c1-7(15(12)13)10(11)8-5-3-4-6-9(8)14-2/h3-7,10-11,15H,1-2H3/t7-,10-/m1/s1. The smallest absolute Gasteiger partial charge is 0.145 e. The van der Waals surface area contributed by atoms with E-state index in [1.54, 1.807) is 24.3 Å². The van der Waals surface area contributed by atoms with Gasteiger partial charge in [-0.15, -0.1) is 0 Å². The van der Waals surface area contributed by atoms with E-state index in [0.717, 1.165) is 0 Å². The fourth-order valence-corrected chi connectivity index (χ4v) is 1.68. The summed E-state index contributed by atoms with van der Waals surface area (Å²) in [6.07, 6.45) is -1.05. The summed E-state index contributed by atoms with van der Waals surface area (Å²) in [6, 6.07) is 6.82. The quantitative estimate of drug-likeness (QED) is 0.748. The molecule has 0 aromatic heterocycles. The van der Waals surface area contributed by atoms with Gasteiger partial charge in [0.15, 0.2) is 0 Å². The fourth-order valence-electron chi connectivity index (χ4n) is 1.29. The third-order valence-electron chi connectivity index (χ3n) is 2.25. The number of aliphatic hydroxyl groups is 1. The predicted molar refractivity (Wildman–Crippen MR) is 57.7 cm³/mol. The molecule has 0 radical (unpaired) electrons. The number of thiol groups is 1. The van der Waals surface area contributed by atoms with E-state index in [1.165, 1.54) is 14.0 Å². The minimum Gasteiger partial charge on any atom is -0.496 e. The highest BCUT2D eigenvalue weighted by Crippen LogP contribution is 2.27. The molecule has 0 unspecified atom stereocenters. The van der Waals surface area contributed by atoms with Crippen LogP contribution in [-0.2, 0) is 10.7 Å². The molecule has 1 aromatic carbocycles. The predicted octanol–water partition coefficient (Wildman–Crippen LogP) is 0.728. The van der Waals surface area contributed by atoms with Crippen LogP contribution < -0.4 is 4.74 Å². The highest BCUT2D eigenvalue weighted by molar-refractivity contribution is 7.73. The molecule has 15 heavy (non-hydrogen) atoms. The average molecular weight is 230 g/mol. The average Bonchev–Trinajstić information content (AvgIpc) is 2.26. The second kappa shape index (κ2) is 5.14. The number of methoxy groups -OCH3 is 1. The fraction of sp³-hybridized carbons (Fsp3) is 0.400. The van der Waals surface area contributed by atoms with E-state index in [9.17, 15) is 13.5 Å². The Labute approximate surface area is 90.5 Å². The van der Waals surface area contributed by atoms with Crippen molar-refractivity contribution in [2.24, 2.45) is 0 Å². The molecule has 4 nitrogen and oxygen atoms in total. The Bertz CT molecular complexity index is 392. The van der Waals surface area contributed by atoms with Gasteiger partial charge in [-0.25, -0.2) is 8.42 Å². The third-order valence-corrected chi connectivity index (χ3v) is 3.19. The Morgan fingerprint density at radius 3 is 2.47 bits per heavy atom. The van der Waals surface area contributed by atoms with Crippen molar-refractivity contribution in [3.63, 3.8) is 0 Å². The van der Waals surface area contributed by atoms with Crippen molar-refractivity contribution in [3.8, 4) is 5.75 Å². The van der Waals surface area contributed by atoms with Crippen molar-refractivity contribution in [1.82, 2.24) is 0 Å². The summed E-state index contributed by atoms with van der Waals surface area (Å²) in [7, 11) is -1.17. The number of para-hydroxylation sites is 1. The van der Waals surface area contributed by atoms with Gasteiger partial charge in [0.1, 0.15) is 16.5 Å². The van der Waals surface area contributed by atoms with Gasteiger partial charge in [-0.2, -0.15) is 0 Å². The largest absolute Gasteiger partial charge is 0.496 e. The van der Waals surface area contributed by atoms with E-state index in [1.807, 2.05) is 0 Å². The van der Waals surface area contributed by atoms with Gasteiger partial charge < -0.3 is 9.84 Å². The molecule has 0 saturated carbocycles. The summed E-state index contributed by atoms with van der Waals surface area (Å²) in [5, 5.41) is 8.98. The summed E-state index contributed by atoms with van der Waals surface area (Å²) >= 11 is 0. The summed E-state index contributed by atoms with van der Waals surface area (Å²) < 4.78 is 26.5. The molecule has 0 aliphatic heterocycles. The van der Waals surface area contributed by atoms with Crippen molar-refractivity contribution in [3.05, 3.63) is 29.8 Å². The maximum Gasteiger partial charge on any atom is 0.145 e. The normalized spacial score (nSPS) is 14.9. The molecule has 0 aliphatic rings. The molecule has 0 spiro atoms. The number of aliphatic hydroxyl groups excluding tert-OH is 1. The molecule has 0 amide bonds. The Morgan fingerprint density at radius 1 is 1.33 bits per heavy atom. The van der Waals surface area contributed by atoms with Crippen molar-refractivity contribution in [1.29, 1.82) is 0 Å². The Balaban J connectivity index is 3.04. The van der Waals surface area contributed by atoms with Gasteiger partial charge in [-0.3, -0.25) is 0 Å². The van der Waals surface area contributed by atoms with E-state index >= 15 is 0 Å². The van der Waals surface area contributed by atoms with E-state index in [0.29, 0.717) is 11.3 Å². The number of hydrogen-bond acceptors (Lipinski definition) is 4. The molecule has 0 saturated heterocycles. The number of rotatable bonds is 4. The molecule has 1 rings (SSSR count). The van der Waals surface area contributed by atoms with Crippen LogP contribution in [0.3, 0.4) is 0 Å². The maximum absolute atomic E-state index is 10.7. The Hall–Kier alpha value is -1.07. The number of hydrogen-bond donors (Lipinski definition) is 2. The molecule has 0 heterocycles. The van der Waals surface area contributed by atoms with Gasteiger partial charge in [0.05, 0.1) is 18.5 Å². The second-order valence-electron chi connectivity index (χ2n) is 3.21.